The van der Waals surface area contributed by atoms with Crippen LogP contribution in [0.15, 0.2) is 83.3 Å². The Hall–Kier alpha value is -3.23. The molecule has 8 heteroatoms. The highest BCUT2D eigenvalue weighted by Gasteiger charge is 2.77. The van der Waals surface area contributed by atoms with Gasteiger partial charge in [-0.15, -0.1) is 0 Å². The number of imide groups is 1. The van der Waals surface area contributed by atoms with Crippen molar-refractivity contribution in [3.8, 4) is 5.75 Å². The van der Waals surface area contributed by atoms with Gasteiger partial charge in [-0.2, -0.15) is 0 Å². The van der Waals surface area contributed by atoms with Gasteiger partial charge in [-0.05, 0) is 54.2 Å². The van der Waals surface area contributed by atoms with Crippen LogP contribution < -0.4 is 15.0 Å². The molecule has 2 heterocycles. The second-order valence-electron chi connectivity index (χ2n) is 7.46. The van der Waals surface area contributed by atoms with Crippen molar-refractivity contribution in [2.75, 3.05) is 12.0 Å². The molecule has 0 aliphatic carbocycles. The molecular formula is C24H17BrN2O4S. The smallest absolute Gasteiger partial charge is 0.286 e. The van der Waals surface area contributed by atoms with E-state index < -0.39 is 23.0 Å². The minimum Gasteiger partial charge on any atom is -0.497 e. The van der Waals surface area contributed by atoms with Crippen LogP contribution in [0.25, 0.3) is 0 Å². The van der Waals surface area contributed by atoms with Gasteiger partial charge in [0.15, 0.2) is 5.54 Å². The van der Waals surface area contributed by atoms with Crippen LogP contribution in [0, 0.1) is 0 Å². The van der Waals surface area contributed by atoms with E-state index in [1.807, 2.05) is 18.2 Å². The molecule has 5 rings (SSSR count). The number of fused-ring (bicyclic) bond motifs is 1. The Bertz CT molecular complexity index is 1230. The topological polar surface area (TPSA) is 67.9 Å². The summed E-state index contributed by atoms with van der Waals surface area (Å²) in [4.78, 5) is 29.4. The Morgan fingerprint density at radius 3 is 2.19 bits per heavy atom. The molecule has 2 saturated heterocycles. The van der Waals surface area contributed by atoms with Crippen LogP contribution in [0.3, 0.4) is 0 Å². The van der Waals surface area contributed by atoms with E-state index in [0.717, 1.165) is 9.37 Å². The average molecular weight is 509 g/mol. The van der Waals surface area contributed by atoms with Gasteiger partial charge in [0.05, 0.1) is 12.8 Å². The minimum atomic E-state index is -1.71. The van der Waals surface area contributed by atoms with Gasteiger partial charge in [-0.3, -0.25) is 9.59 Å². The summed E-state index contributed by atoms with van der Waals surface area (Å²) < 4.78 is 12.2. The number of carbonyl (C=O) groups is 2. The molecule has 0 unspecified atom stereocenters. The second-order valence-corrected chi connectivity index (χ2v) is 8.75. The Morgan fingerprint density at radius 2 is 1.56 bits per heavy atom. The first-order chi connectivity index (χ1) is 15.4. The van der Waals surface area contributed by atoms with Crippen LogP contribution in [0.5, 0.6) is 5.75 Å². The minimum absolute atomic E-state index is 0.00662. The van der Waals surface area contributed by atoms with Crippen molar-refractivity contribution < 1.29 is 19.1 Å². The molecule has 2 aliphatic rings. The maximum Gasteiger partial charge on any atom is 0.286 e. The van der Waals surface area contributed by atoms with Gasteiger partial charge in [0.25, 0.3) is 22.6 Å². The van der Waals surface area contributed by atoms with Gasteiger partial charge in [-0.1, -0.05) is 58.4 Å². The fourth-order valence-corrected chi connectivity index (χ4v) is 4.99. The number of hydrogen-bond acceptors (Lipinski definition) is 5. The summed E-state index contributed by atoms with van der Waals surface area (Å²) in [5, 5.41) is 3.06. The molecule has 2 amide bonds. The number of amides is 2. The van der Waals surface area contributed by atoms with E-state index in [1.54, 1.807) is 67.8 Å². The summed E-state index contributed by atoms with van der Waals surface area (Å²) in [6, 6.07) is 22.9. The van der Waals surface area contributed by atoms with Crippen molar-refractivity contribution in [1.29, 1.82) is 0 Å². The number of methoxy groups -OCH3 is 1. The third-order valence-electron chi connectivity index (χ3n) is 5.88. The third kappa shape index (κ3) is 2.66. The number of nitrogens with one attached hydrogen (secondary N) is 1. The third-order valence-corrected chi connectivity index (χ3v) is 6.59. The first-order valence-corrected chi connectivity index (χ1v) is 11.0. The largest absolute Gasteiger partial charge is 0.497 e. The molecule has 0 aromatic heterocycles. The number of thiocarbonyl (C=S) groups is 1. The first kappa shape index (κ1) is 20.7. The molecule has 0 saturated carbocycles. The lowest BCUT2D eigenvalue weighted by molar-refractivity contribution is -0.135. The van der Waals surface area contributed by atoms with Crippen LogP contribution in [0.1, 0.15) is 11.1 Å². The number of carbonyl (C=O) groups excluding carboxylic acids is 2. The quantitative estimate of drug-likeness (QED) is 0.424. The average Bonchev–Trinajstić information content (AvgIpc) is 3.23. The molecule has 1 N–H and O–H groups in total. The predicted octanol–water partition coefficient (Wildman–Crippen LogP) is 4.03. The fraction of sp³-hybridized carbons (Fsp3) is 0.125. The summed E-state index contributed by atoms with van der Waals surface area (Å²) in [5.74, 6) is -0.378. The highest BCUT2D eigenvalue weighted by atomic mass is 79.9. The van der Waals surface area contributed by atoms with E-state index in [-0.39, 0.29) is 5.17 Å². The number of ether oxygens (including phenoxy) is 2. The van der Waals surface area contributed by atoms with Crippen LogP contribution in [-0.4, -0.2) is 24.1 Å². The second kappa shape index (κ2) is 7.43. The lowest BCUT2D eigenvalue weighted by atomic mass is 9.73. The maximum atomic E-state index is 14.1. The summed E-state index contributed by atoms with van der Waals surface area (Å²) in [5.41, 5.74) is -1.75. The number of rotatable bonds is 4. The van der Waals surface area contributed by atoms with Gasteiger partial charge in [-0.25, -0.2) is 4.90 Å². The maximum absolute atomic E-state index is 14.1. The van der Waals surface area contributed by atoms with Crippen LogP contribution in [-0.2, 0) is 25.5 Å². The summed E-state index contributed by atoms with van der Waals surface area (Å²) in [7, 11) is 1.55. The lowest BCUT2D eigenvalue weighted by Crippen LogP contribution is -2.55. The van der Waals surface area contributed by atoms with Crippen LogP contribution in [0.2, 0.25) is 0 Å². The Balaban J connectivity index is 1.79. The van der Waals surface area contributed by atoms with Crippen molar-refractivity contribution in [1.82, 2.24) is 5.32 Å². The van der Waals surface area contributed by atoms with Crippen molar-refractivity contribution >= 4 is 50.8 Å². The summed E-state index contributed by atoms with van der Waals surface area (Å²) in [6.07, 6.45) is 0. The van der Waals surface area contributed by atoms with E-state index in [4.69, 9.17) is 21.7 Å². The number of nitrogens with zero attached hydrogens (tertiary/aromatic N) is 1. The first-order valence-electron chi connectivity index (χ1n) is 9.80. The number of halogens is 1. The Labute approximate surface area is 198 Å². The molecule has 0 spiro atoms. The van der Waals surface area contributed by atoms with Crippen LogP contribution in [0.4, 0.5) is 5.69 Å². The van der Waals surface area contributed by atoms with Crippen LogP contribution >= 0.6 is 28.1 Å². The predicted molar refractivity (Wildman–Crippen MR) is 126 cm³/mol. The zero-order chi connectivity index (χ0) is 22.5. The number of benzene rings is 3. The van der Waals surface area contributed by atoms with E-state index in [2.05, 4.69) is 21.2 Å². The van der Waals surface area contributed by atoms with Crippen molar-refractivity contribution in [3.63, 3.8) is 0 Å². The molecule has 3 aromatic carbocycles. The molecular weight excluding hydrogens is 492 g/mol. The van der Waals surface area contributed by atoms with Crippen molar-refractivity contribution in [3.05, 3.63) is 94.5 Å². The fourth-order valence-electron chi connectivity index (χ4n) is 4.44. The van der Waals surface area contributed by atoms with E-state index in [0.29, 0.717) is 22.6 Å². The van der Waals surface area contributed by atoms with Crippen molar-refractivity contribution in [2.24, 2.45) is 0 Å². The molecule has 6 nitrogen and oxygen atoms in total. The number of hydrogen-bond donors (Lipinski definition) is 1. The Morgan fingerprint density at radius 1 is 0.906 bits per heavy atom. The molecule has 2 fully saturated rings. The SMILES string of the molecule is COc1ccc(N2C(=O)[C@]3(c4ccccc4)NC(=S)O[C@]3(c3ccc(Br)cc3)C2=O)cc1. The zero-order valence-electron chi connectivity index (χ0n) is 16.9. The van der Waals surface area contributed by atoms with E-state index >= 15 is 0 Å². The molecule has 0 radical (unpaired) electrons. The van der Waals surface area contributed by atoms with Gasteiger partial charge in [0.1, 0.15) is 5.75 Å². The Kier molecular flexibility index (Phi) is 4.79. The molecule has 2 atom stereocenters. The molecule has 3 aromatic rings. The normalized spacial score (nSPS) is 24.2. The standard InChI is InChI=1S/C24H17BrN2O4S/c1-30-19-13-11-18(12-14-19)27-20(28)23(15-5-3-2-4-6-15)24(21(27)29,31-22(32)26-23)16-7-9-17(25)10-8-16/h2-14H,1H3,(H,26,32)/t23-,24+/m0/s1. The lowest BCUT2D eigenvalue weighted by Gasteiger charge is -2.33. The monoisotopic (exact) mass is 508 g/mol. The van der Waals surface area contributed by atoms with Gasteiger partial charge in [0, 0.05) is 10.0 Å². The van der Waals surface area contributed by atoms with Gasteiger partial charge >= 0.3 is 0 Å². The molecule has 32 heavy (non-hydrogen) atoms. The van der Waals surface area contributed by atoms with Crippen molar-refractivity contribution in [2.45, 2.75) is 11.1 Å². The highest BCUT2D eigenvalue weighted by molar-refractivity contribution is 9.10. The highest BCUT2D eigenvalue weighted by Crippen LogP contribution is 2.55. The van der Waals surface area contributed by atoms with Gasteiger partial charge in [0.2, 0.25) is 0 Å². The molecule has 160 valence electrons. The number of anilines is 1. The zero-order valence-corrected chi connectivity index (χ0v) is 19.3. The van der Waals surface area contributed by atoms with Gasteiger partial charge < -0.3 is 14.8 Å². The molecule has 0 bridgehead atoms. The van der Waals surface area contributed by atoms with E-state index in [9.17, 15) is 9.59 Å². The molecule has 2 aliphatic heterocycles. The van der Waals surface area contributed by atoms with E-state index in [1.165, 1.54) is 0 Å². The summed E-state index contributed by atoms with van der Waals surface area (Å²) >= 11 is 8.78. The summed E-state index contributed by atoms with van der Waals surface area (Å²) in [6.45, 7) is 0.